The number of ether oxygens (including phenoxy) is 1. The Bertz CT molecular complexity index is 534. The molecule has 1 saturated heterocycles. The number of alkyl halides is 1. The van der Waals surface area contributed by atoms with Crippen molar-refractivity contribution in [1.29, 1.82) is 0 Å². The lowest BCUT2D eigenvalue weighted by atomic mass is 10.2. The van der Waals surface area contributed by atoms with Gasteiger partial charge in [-0.15, -0.1) is 11.6 Å². The monoisotopic (exact) mass is 307 g/mol. The summed E-state index contributed by atoms with van der Waals surface area (Å²) in [6, 6.07) is 1.49. The summed E-state index contributed by atoms with van der Waals surface area (Å²) >= 11 is 5.66. The van der Waals surface area contributed by atoms with E-state index in [1.807, 2.05) is 0 Å². The first-order chi connectivity index (χ1) is 8.95. The van der Waals surface area contributed by atoms with Gasteiger partial charge in [-0.25, -0.2) is 8.42 Å². The molecule has 0 aliphatic carbocycles. The highest BCUT2D eigenvalue weighted by molar-refractivity contribution is 7.89. The van der Waals surface area contributed by atoms with Crippen molar-refractivity contribution in [2.45, 2.75) is 36.6 Å². The predicted molar refractivity (Wildman–Crippen MR) is 71.8 cm³/mol. The second-order valence-electron chi connectivity index (χ2n) is 4.69. The topological polar surface area (TPSA) is 59.8 Å². The van der Waals surface area contributed by atoms with E-state index in [-0.39, 0.29) is 16.9 Å². The van der Waals surface area contributed by atoms with Crippen molar-refractivity contribution in [3.8, 4) is 0 Å². The minimum Gasteiger partial charge on any atom is -0.464 e. The minimum atomic E-state index is -3.55. The summed E-state index contributed by atoms with van der Waals surface area (Å²) in [5, 5.41) is 0. The van der Waals surface area contributed by atoms with Gasteiger partial charge < -0.3 is 9.15 Å². The third-order valence-corrected chi connectivity index (χ3v) is 5.42. The van der Waals surface area contributed by atoms with Gasteiger partial charge in [-0.2, -0.15) is 4.31 Å². The molecule has 0 spiro atoms. The minimum absolute atomic E-state index is 0.0144. The fourth-order valence-corrected chi connectivity index (χ4v) is 3.70. The lowest BCUT2D eigenvalue weighted by molar-refractivity contribution is 0.0978. The van der Waals surface area contributed by atoms with E-state index in [0.717, 1.165) is 12.8 Å². The first-order valence-electron chi connectivity index (χ1n) is 6.18. The van der Waals surface area contributed by atoms with E-state index in [1.165, 1.54) is 10.4 Å². The van der Waals surface area contributed by atoms with Crippen molar-refractivity contribution >= 4 is 21.6 Å². The summed E-state index contributed by atoms with van der Waals surface area (Å²) in [7, 11) is -1.99. The average Bonchev–Trinajstić information content (AvgIpc) is 2.98. The van der Waals surface area contributed by atoms with Crippen LogP contribution in [0.4, 0.5) is 0 Å². The third kappa shape index (κ3) is 3.13. The molecule has 1 atom stereocenters. The van der Waals surface area contributed by atoms with Crippen LogP contribution in [0.15, 0.2) is 15.4 Å². The highest BCUT2D eigenvalue weighted by atomic mass is 35.5. The normalized spacial score (nSPS) is 20.3. The summed E-state index contributed by atoms with van der Waals surface area (Å²) in [6.07, 6.45) is 1.87. The number of aryl methyl sites for hydroxylation is 1. The molecule has 2 rings (SSSR count). The summed E-state index contributed by atoms with van der Waals surface area (Å²) in [4.78, 5) is 0.184. The van der Waals surface area contributed by atoms with Crippen molar-refractivity contribution in [3.63, 3.8) is 0 Å². The molecule has 2 heterocycles. The Hall–Kier alpha value is -0.560. The second kappa shape index (κ2) is 5.83. The Labute approximate surface area is 118 Å². The van der Waals surface area contributed by atoms with Gasteiger partial charge in [0.25, 0.3) is 0 Å². The van der Waals surface area contributed by atoms with E-state index in [0.29, 0.717) is 24.7 Å². The number of hydrogen-bond acceptors (Lipinski definition) is 4. The van der Waals surface area contributed by atoms with Crippen LogP contribution in [0.5, 0.6) is 0 Å². The van der Waals surface area contributed by atoms with Gasteiger partial charge in [-0.3, -0.25) is 0 Å². The molecule has 5 nitrogen and oxygen atoms in total. The van der Waals surface area contributed by atoms with Crippen molar-refractivity contribution in [3.05, 3.63) is 17.6 Å². The smallest absolute Gasteiger partial charge is 0.246 e. The maximum Gasteiger partial charge on any atom is 0.246 e. The molecule has 0 saturated carbocycles. The van der Waals surface area contributed by atoms with Crippen LogP contribution in [0.3, 0.4) is 0 Å². The van der Waals surface area contributed by atoms with Gasteiger partial charge >= 0.3 is 0 Å². The van der Waals surface area contributed by atoms with Crippen LogP contribution in [0.2, 0.25) is 0 Å². The molecule has 1 aliphatic heterocycles. The Kier molecular flexibility index (Phi) is 4.55. The Morgan fingerprint density at radius 2 is 2.26 bits per heavy atom. The van der Waals surface area contributed by atoms with Gasteiger partial charge in [0.15, 0.2) is 0 Å². The zero-order chi connectivity index (χ0) is 14.0. The maximum atomic E-state index is 12.4. The summed E-state index contributed by atoms with van der Waals surface area (Å²) in [6.45, 7) is 2.70. The molecule has 108 valence electrons. The van der Waals surface area contributed by atoms with Crippen molar-refractivity contribution in [1.82, 2.24) is 4.31 Å². The quantitative estimate of drug-likeness (QED) is 0.782. The van der Waals surface area contributed by atoms with Gasteiger partial charge in [0, 0.05) is 26.3 Å². The number of furan rings is 1. The Morgan fingerprint density at radius 1 is 1.53 bits per heavy atom. The number of nitrogens with zero attached hydrogens (tertiary/aromatic N) is 1. The largest absolute Gasteiger partial charge is 0.464 e. The first kappa shape index (κ1) is 14.8. The van der Waals surface area contributed by atoms with E-state index in [2.05, 4.69) is 0 Å². The second-order valence-corrected chi connectivity index (χ2v) is 6.97. The standard InChI is InChI=1S/C12H18ClNO4S/c1-9-12(6-11(7-13)18-9)19(15,16)14(2)8-10-4-3-5-17-10/h6,10H,3-5,7-8H2,1-2H3. The number of halogens is 1. The molecule has 1 unspecified atom stereocenters. The van der Waals surface area contributed by atoms with Crippen LogP contribution >= 0.6 is 11.6 Å². The van der Waals surface area contributed by atoms with Crippen LogP contribution in [-0.2, 0) is 20.6 Å². The molecule has 0 N–H and O–H groups in total. The van der Waals surface area contributed by atoms with E-state index in [4.69, 9.17) is 20.8 Å². The number of likely N-dealkylation sites (N-methyl/N-ethyl adjacent to an activating group) is 1. The third-order valence-electron chi connectivity index (χ3n) is 3.23. The lowest BCUT2D eigenvalue weighted by Gasteiger charge is -2.19. The molecule has 0 radical (unpaired) electrons. The highest BCUT2D eigenvalue weighted by Gasteiger charge is 2.29. The zero-order valence-corrected chi connectivity index (χ0v) is 12.6. The van der Waals surface area contributed by atoms with Gasteiger partial charge in [-0.1, -0.05) is 0 Å². The van der Waals surface area contributed by atoms with Crippen molar-refractivity contribution < 1.29 is 17.6 Å². The van der Waals surface area contributed by atoms with E-state index < -0.39 is 10.0 Å². The maximum absolute atomic E-state index is 12.4. The molecule has 1 aromatic heterocycles. The van der Waals surface area contributed by atoms with Crippen LogP contribution in [-0.4, -0.2) is 39.0 Å². The van der Waals surface area contributed by atoms with Crippen molar-refractivity contribution in [2.75, 3.05) is 20.2 Å². The van der Waals surface area contributed by atoms with E-state index >= 15 is 0 Å². The summed E-state index contributed by atoms with van der Waals surface area (Å²) in [5.74, 6) is 0.990. The molecule has 19 heavy (non-hydrogen) atoms. The Morgan fingerprint density at radius 3 is 2.79 bits per heavy atom. The molecular formula is C12H18ClNO4S. The van der Waals surface area contributed by atoms with Crippen LogP contribution in [0.1, 0.15) is 24.4 Å². The fraction of sp³-hybridized carbons (Fsp3) is 0.667. The highest BCUT2D eigenvalue weighted by Crippen LogP contribution is 2.25. The van der Waals surface area contributed by atoms with E-state index in [9.17, 15) is 8.42 Å². The molecule has 1 fully saturated rings. The number of sulfonamides is 1. The van der Waals surface area contributed by atoms with Crippen LogP contribution in [0, 0.1) is 6.92 Å². The van der Waals surface area contributed by atoms with Crippen LogP contribution < -0.4 is 0 Å². The molecule has 1 aromatic rings. The van der Waals surface area contributed by atoms with Gasteiger partial charge in [0.2, 0.25) is 10.0 Å². The molecule has 0 aromatic carbocycles. The van der Waals surface area contributed by atoms with Gasteiger partial charge in [0.05, 0.1) is 12.0 Å². The SMILES string of the molecule is Cc1oc(CCl)cc1S(=O)(=O)N(C)CC1CCCO1. The number of rotatable bonds is 5. The average molecular weight is 308 g/mol. The van der Waals surface area contributed by atoms with E-state index in [1.54, 1.807) is 14.0 Å². The molecule has 0 amide bonds. The zero-order valence-electron chi connectivity index (χ0n) is 11.1. The lowest BCUT2D eigenvalue weighted by Crippen LogP contribution is -2.34. The molecular weight excluding hydrogens is 290 g/mol. The number of hydrogen-bond donors (Lipinski definition) is 0. The fourth-order valence-electron chi connectivity index (χ4n) is 2.19. The molecule has 0 bridgehead atoms. The summed E-state index contributed by atoms with van der Waals surface area (Å²) < 4.78 is 37.0. The van der Waals surface area contributed by atoms with Gasteiger partial charge in [0.1, 0.15) is 16.4 Å². The van der Waals surface area contributed by atoms with Crippen molar-refractivity contribution in [2.24, 2.45) is 0 Å². The Balaban J connectivity index is 2.17. The predicted octanol–water partition coefficient (Wildman–Crippen LogP) is 2.13. The van der Waals surface area contributed by atoms with Gasteiger partial charge in [-0.05, 0) is 19.8 Å². The summed E-state index contributed by atoms with van der Waals surface area (Å²) in [5.41, 5.74) is 0. The molecule has 1 aliphatic rings. The first-order valence-corrected chi connectivity index (χ1v) is 8.16. The molecule has 7 heteroatoms. The van der Waals surface area contributed by atoms with Crippen LogP contribution in [0.25, 0.3) is 0 Å².